The lowest BCUT2D eigenvalue weighted by Gasteiger charge is -2.37. The minimum atomic E-state index is -1.31. The Balaban J connectivity index is 1.55. The third kappa shape index (κ3) is 5.48. The van der Waals surface area contributed by atoms with Crippen molar-refractivity contribution < 1.29 is 28.8 Å². The van der Waals surface area contributed by atoms with E-state index in [4.69, 9.17) is 18.9 Å². The molecule has 29 heavy (non-hydrogen) atoms. The monoisotopic (exact) mass is 407 g/mol. The quantitative estimate of drug-likeness (QED) is 0.601. The lowest BCUT2D eigenvalue weighted by atomic mass is 9.99. The second-order valence-electron chi connectivity index (χ2n) is 7.76. The van der Waals surface area contributed by atoms with E-state index < -0.39 is 11.8 Å². The number of amides is 1. The molecule has 2 aliphatic rings. The predicted molar refractivity (Wildman–Crippen MR) is 107 cm³/mol. The SMILES string of the molecule is COc1ccc(CN2C(=O)C[C@@H](OC)C2(O)CCCCOC2CCCCO2)cc1. The highest BCUT2D eigenvalue weighted by molar-refractivity contribution is 5.80. The first-order valence-corrected chi connectivity index (χ1v) is 10.5. The van der Waals surface area contributed by atoms with E-state index >= 15 is 0 Å². The number of benzene rings is 1. The summed E-state index contributed by atoms with van der Waals surface area (Å²) < 4.78 is 22.0. The van der Waals surface area contributed by atoms with Gasteiger partial charge in [-0.3, -0.25) is 4.79 Å². The summed E-state index contributed by atoms with van der Waals surface area (Å²) >= 11 is 0. The van der Waals surface area contributed by atoms with E-state index in [2.05, 4.69) is 0 Å². The highest BCUT2D eigenvalue weighted by atomic mass is 16.7. The largest absolute Gasteiger partial charge is 0.497 e. The molecule has 2 saturated heterocycles. The lowest BCUT2D eigenvalue weighted by Crippen LogP contribution is -2.51. The summed E-state index contributed by atoms with van der Waals surface area (Å²) in [5.41, 5.74) is -0.375. The highest BCUT2D eigenvalue weighted by Crippen LogP contribution is 2.36. The van der Waals surface area contributed by atoms with Crippen LogP contribution in [0.4, 0.5) is 0 Å². The van der Waals surface area contributed by atoms with Crippen molar-refractivity contribution in [3.63, 3.8) is 0 Å². The minimum Gasteiger partial charge on any atom is -0.497 e. The molecule has 7 heteroatoms. The molecule has 3 rings (SSSR count). The average molecular weight is 408 g/mol. The first-order valence-electron chi connectivity index (χ1n) is 10.5. The van der Waals surface area contributed by atoms with Crippen LogP contribution in [0.2, 0.25) is 0 Å². The number of ether oxygens (including phenoxy) is 4. The van der Waals surface area contributed by atoms with Gasteiger partial charge in [0.15, 0.2) is 12.0 Å². The summed E-state index contributed by atoms with van der Waals surface area (Å²) in [6.45, 7) is 1.69. The molecule has 162 valence electrons. The van der Waals surface area contributed by atoms with Gasteiger partial charge < -0.3 is 29.0 Å². The number of unbranched alkanes of at least 4 members (excludes halogenated alkanes) is 1. The number of rotatable bonds is 10. The van der Waals surface area contributed by atoms with Crippen LogP contribution in [0.3, 0.4) is 0 Å². The molecule has 0 aliphatic carbocycles. The van der Waals surface area contributed by atoms with Gasteiger partial charge in [0.1, 0.15) is 11.9 Å². The first-order chi connectivity index (χ1) is 14.1. The smallest absolute Gasteiger partial charge is 0.227 e. The fourth-order valence-electron chi connectivity index (χ4n) is 4.07. The van der Waals surface area contributed by atoms with Crippen molar-refractivity contribution in [2.24, 2.45) is 0 Å². The van der Waals surface area contributed by atoms with Gasteiger partial charge in [-0.25, -0.2) is 0 Å². The molecule has 2 unspecified atom stereocenters. The van der Waals surface area contributed by atoms with Crippen LogP contribution in [0.5, 0.6) is 5.75 Å². The summed E-state index contributed by atoms with van der Waals surface area (Å²) in [5.74, 6) is 0.662. The van der Waals surface area contributed by atoms with E-state index in [1.54, 1.807) is 19.1 Å². The molecule has 7 nitrogen and oxygen atoms in total. The van der Waals surface area contributed by atoms with Gasteiger partial charge in [0.05, 0.1) is 13.5 Å². The van der Waals surface area contributed by atoms with E-state index in [0.717, 1.165) is 50.0 Å². The fourth-order valence-corrected chi connectivity index (χ4v) is 4.07. The molecule has 2 fully saturated rings. The van der Waals surface area contributed by atoms with Crippen molar-refractivity contribution in [2.75, 3.05) is 27.4 Å². The normalized spacial score (nSPS) is 27.4. The second kappa shape index (κ2) is 10.4. The third-order valence-electron chi connectivity index (χ3n) is 5.81. The summed E-state index contributed by atoms with van der Waals surface area (Å²) in [4.78, 5) is 14.2. The number of aliphatic hydroxyl groups is 1. The molecular formula is C22H33NO6. The molecule has 0 bridgehead atoms. The zero-order valence-corrected chi connectivity index (χ0v) is 17.5. The van der Waals surface area contributed by atoms with Crippen molar-refractivity contribution in [1.82, 2.24) is 4.90 Å². The standard InChI is InChI=1S/C22H33NO6/c1-26-18-10-8-17(9-11-18)16-23-20(24)15-19(27-2)22(23,25)12-4-6-14-29-21-7-3-5-13-28-21/h8-11,19,21,25H,3-7,12-16H2,1-2H3/t19-,21?,22?/m1/s1. The molecular weight excluding hydrogens is 374 g/mol. The maximum atomic E-state index is 12.6. The zero-order chi connectivity index (χ0) is 20.7. The Kier molecular flexibility index (Phi) is 7.89. The Bertz CT molecular complexity index is 645. The van der Waals surface area contributed by atoms with Crippen molar-refractivity contribution >= 4 is 5.91 Å². The van der Waals surface area contributed by atoms with Crippen LogP contribution in [0.25, 0.3) is 0 Å². The molecule has 0 spiro atoms. The molecule has 1 aromatic rings. The van der Waals surface area contributed by atoms with Crippen LogP contribution in [-0.4, -0.2) is 61.5 Å². The Labute approximate surface area is 172 Å². The maximum Gasteiger partial charge on any atom is 0.227 e. The van der Waals surface area contributed by atoms with Gasteiger partial charge in [0.2, 0.25) is 5.91 Å². The van der Waals surface area contributed by atoms with Gasteiger partial charge in [0, 0.05) is 26.9 Å². The molecule has 2 heterocycles. The second-order valence-corrected chi connectivity index (χ2v) is 7.76. The van der Waals surface area contributed by atoms with Crippen LogP contribution in [0, 0.1) is 0 Å². The fraction of sp³-hybridized carbons (Fsp3) is 0.682. The van der Waals surface area contributed by atoms with Gasteiger partial charge in [0.25, 0.3) is 0 Å². The van der Waals surface area contributed by atoms with E-state index in [-0.39, 0.29) is 18.6 Å². The van der Waals surface area contributed by atoms with E-state index in [1.165, 1.54) is 0 Å². The van der Waals surface area contributed by atoms with Crippen molar-refractivity contribution in [1.29, 1.82) is 0 Å². The summed E-state index contributed by atoms with van der Waals surface area (Å²) in [7, 11) is 3.16. The number of likely N-dealkylation sites (tertiary alicyclic amines) is 1. The number of methoxy groups -OCH3 is 2. The van der Waals surface area contributed by atoms with Crippen LogP contribution in [0.15, 0.2) is 24.3 Å². The zero-order valence-electron chi connectivity index (χ0n) is 17.5. The van der Waals surface area contributed by atoms with Crippen molar-refractivity contribution in [3.8, 4) is 5.75 Å². The molecule has 0 saturated carbocycles. The van der Waals surface area contributed by atoms with E-state index in [0.29, 0.717) is 19.6 Å². The highest BCUT2D eigenvalue weighted by Gasteiger charge is 2.51. The molecule has 3 atom stereocenters. The number of nitrogens with zero attached hydrogens (tertiary/aromatic N) is 1. The topological polar surface area (TPSA) is 77.5 Å². The van der Waals surface area contributed by atoms with E-state index in [1.807, 2.05) is 24.3 Å². The lowest BCUT2D eigenvalue weighted by molar-refractivity contribution is -0.173. The van der Waals surface area contributed by atoms with Gasteiger partial charge in [-0.2, -0.15) is 0 Å². The summed E-state index contributed by atoms with van der Waals surface area (Å²) in [6.07, 6.45) is 4.72. The van der Waals surface area contributed by atoms with Gasteiger partial charge in [-0.05, 0) is 56.2 Å². The average Bonchev–Trinajstić information content (AvgIpc) is 2.99. The number of carbonyl (C=O) groups excluding carboxylic acids is 1. The minimum absolute atomic E-state index is 0.0953. The van der Waals surface area contributed by atoms with Gasteiger partial charge in [-0.1, -0.05) is 12.1 Å². The summed E-state index contributed by atoms with van der Waals surface area (Å²) in [5, 5.41) is 11.4. The first kappa shape index (κ1) is 22.0. The molecule has 1 amide bonds. The van der Waals surface area contributed by atoms with E-state index in [9.17, 15) is 9.90 Å². The Morgan fingerprint density at radius 3 is 2.66 bits per heavy atom. The van der Waals surface area contributed by atoms with Gasteiger partial charge in [-0.15, -0.1) is 0 Å². The Morgan fingerprint density at radius 1 is 1.21 bits per heavy atom. The molecule has 1 N–H and O–H groups in total. The van der Waals surface area contributed by atoms with Crippen LogP contribution in [-0.2, 0) is 25.5 Å². The van der Waals surface area contributed by atoms with Crippen LogP contribution in [0.1, 0.15) is 50.5 Å². The number of carbonyl (C=O) groups is 1. The molecule has 0 radical (unpaired) electrons. The molecule has 1 aromatic carbocycles. The summed E-state index contributed by atoms with van der Waals surface area (Å²) in [6, 6.07) is 7.52. The predicted octanol–water partition coefficient (Wildman–Crippen LogP) is 2.84. The Hall–Kier alpha value is -1.67. The Morgan fingerprint density at radius 2 is 2.00 bits per heavy atom. The maximum absolute atomic E-state index is 12.6. The van der Waals surface area contributed by atoms with Crippen LogP contribution < -0.4 is 4.74 Å². The third-order valence-corrected chi connectivity index (χ3v) is 5.81. The number of hydrogen-bond donors (Lipinski definition) is 1. The molecule has 0 aromatic heterocycles. The van der Waals surface area contributed by atoms with Gasteiger partial charge >= 0.3 is 0 Å². The van der Waals surface area contributed by atoms with Crippen LogP contribution >= 0.6 is 0 Å². The molecule has 2 aliphatic heterocycles. The number of hydrogen-bond acceptors (Lipinski definition) is 6. The van der Waals surface area contributed by atoms with Crippen molar-refractivity contribution in [3.05, 3.63) is 29.8 Å². The van der Waals surface area contributed by atoms with Crippen molar-refractivity contribution in [2.45, 2.75) is 69.6 Å².